The van der Waals surface area contributed by atoms with E-state index in [9.17, 15) is 9.59 Å². The number of hydrogen-bond donors (Lipinski definition) is 1. The van der Waals surface area contributed by atoms with Crippen LogP contribution < -0.4 is 5.73 Å². The summed E-state index contributed by atoms with van der Waals surface area (Å²) in [4.78, 5) is 23.8. The lowest BCUT2D eigenvalue weighted by Gasteiger charge is -2.19. The van der Waals surface area contributed by atoms with Crippen LogP contribution in [0.1, 0.15) is 48.0 Å². The van der Waals surface area contributed by atoms with Crippen LogP contribution >= 0.6 is 0 Å². The Hall–Kier alpha value is -1.10. The normalized spacial score (nSPS) is 11.7. The third-order valence-corrected chi connectivity index (χ3v) is 2.89. The van der Waals surface area contributed by atoms with Gasteiger partial charge in [0.15, 0.2) is 0 Å². The SMILES string of the molecule is CCN(CC)C(=O)CC(C)C.COC(=O)C(N)C(C)C. The average molecular weight is 288 g/mol. The lowest BCUT2D eigenvalue weighted by atomic mass is 10.1. The zero-order chi connectivity index (χ0) is 16.3. The van der Waals surface area contributed by atoms with Crippen molar-refractivity contribution in [3.63, 3.8) is 0 Å². The van der Waals surface area contributed by atoms with Gasteiger partial charge in [-0.2, -0.15) is 0 Å². The molecule has 0 radical (unpaired) electrons. The topological polar surface area (TPSA) is 72.6 Å². The first kappa shape index (κ1) is 21.2. The van der Waals surface area contributed by atoms with Gasteiger partial charge in [0.2, 0.25) is 5.91 Å². The van der Waals surface area contributed by atoms with Crippen LogP contribution in [-0.2, 0) is 14.3 Å². The number of carbonyl (C=O) groups is 2. The largest absolute Gasteiger partial charge is 0.468 e. The van der Waals surface area contributed by atoms with Crippen molar-refractivity contribution in [1.82, 2.24) is 4.90 Å². The lowest BCUT2D eigenvalue weighted by Crippen LogP contribution is -2.36. The predicted octanol–water partition coefficient (Wildman–Crippen LogP) is 2.04. The first-order chi connectivity index (χ1) is 9.20. The maximum absolute atomic E-state index is 11.3. The Kier molecular flexibility index (Phi) is 12.4. The van der Waals surface area contributed by atoms with E-state index in [-0.39, 0.29) is 17.8 Å². The maximum atomic E-state index is 11.3. The van der Waals surface area contributed by atoms with E-state index in [2.05, 4.69) is 18.6 Å². The summed E-state index contributed by atoms with van der Waals surface area (Å²) in [5, 5.41) is 0. The third-order valence-electron chi connectivity index (χ3n) is 2.89. The Bertz CT molecular complexity index is 274. The number of ether oxygens (including phenoxy) is 1. The molecule has 1 atom stereocenters. The second kappa shape index (κ2) is 11.7. The molecule has 0 spiro atoms. The molecule has 5 heteroatoms. The number of hydrogen-bond acceptors (Lipinski definition) is 4. The monoisotopic (exact) mass is 288 g/mol. The maximum Gasteiger partial charge on any atom is 0.322 e. The number of methoxy groups -OCH3 is 1. The van der Waals surface area contributed by atoms with Gasteiger partial charge in [0.25, 0.3) is 0 Å². The van der Waals surface area contributed by atoms with Gasteiger partial charge in [-0.05, 0) is 25.7 Å². The highest BCUT2D eigenvalue weighted by atomic mass is 16.5. The number of amides is 1. The van der Waals surface area contributed by atoms with Gasteiger partial charge >= 0.3 is 5.97 Å². The molecule has 0 heterocycles. The van der Waals surface area contributed by atoms with E-state index in [0.29, 0.717) is 12.3 Å². The van der Waals surface area contributed by atoms with Gasteiger partial charge in [0.05, 0.1) is 7.11 Å². The van der Waals surface area contributed by atoms with E-state index < -0.39 is 6.04 Å². The van der Waals surface area contributed by atoms with Gasteiger partial charge < -0.3 is 15.4 Å². The van der Waals surface area contributed by atoms with E-state index in [4.69, 9.17) is 5.73 Å². The van der Waals surface area contributed by atoms with Crippen LogP contribution in [0.15, 0.2) is 0 Å². The van der Waals surface area contributed by atoms with Gasteiger partial charge in [-0.15, -0.1) is 0 Å². The number of nitrogens with zero attached hydrogens (tertiary/aromatic N) is 1. The van der Waals surface area contributed by atoms with E-state index in [1.807, 2.05) is 32.6 Å². The molecule has 1 amide bonds. The first-order valence-electron chi connectivity index (χ1n) is 7.32. The molecule has 1 unspecified atom stereocenters. The molecule has 0 bridgehead atoms. The summed E-state index contributed by atoms with van der Waals surface area (Å²) in [5.41, 5.74) is 5.40. The van der Waals surface area contributed by atoms with E-state index in [1.165, 1.54) is 7.11 Å². The second-order valence-electron chi connectivity index (χ2n) is 5.46. The Morgan fingerprint density at radius 3 is 1.75 bits per heavy atom. The Morgan fingerprint density at radius 1 is 1.10 bits per heavy atom. The van der Waals surface area contributed by atoms with Crippen molar-refractivity contribution in [3.8, 4) is 0 Å². The molecule has 0 aromatic heterocycles. The van der Waals surface area contributed by atoms with Crippen molar-refractivity contribution in [2.45, 2.75) is 54.0 Å². The van der Waals surface area contributed by atoms with Gasteiger partial charge in [0.1, 0.15) is 6.04 Å². The van der Waals surface area contributed by atoms with E-state index >= 15 is 0 Å². The number of rotatable bonds is 6. The lowest BCUT2D eigenvalue weighted by molar-refractivity contribution is -0.143. The third kappa shape index (κ3) is 9.78. The first-order valence-corrected chi connectivity index (χ1v) is 7.32. The molecule has 2 N–H and O–H groups in total. The second-order valence-corrected chi connectivity index (χ2v) is 5.46. The van der Waals surface area contributed by atoms with Crippen molar-refractivity contribution in [2.75, 3.05) is 20.2 Å². The molecule has 0 aliphatic carbocycles. The Labute approximate surface area is 123 Å². The van der Waals surface area contributed by atoms with Crippen LogP contribution in [0.3, 0.4) is 0 Å². The molecule has 0 rings (SSSR count). The average Bonchev–Trinajstić information content (AvgIpc) is 2.38. The fraction of sp³-hybridized carbons (Fsp3) is 0.867. The highest BCUT2D eigenvalue weighted by Crippen LogP contribution is 2.03. The minimum absolute atomic E-state index is 0.150. The van der Waals surface area contributed by atoms with Crippen LogP contribution in [0, 0.1) is 11.8 Å². The molecule has 0 fully saturated rings. The highest BCUT2D eigenvalue weighted by molar-refractivity contribution is 5.76. The molecule has 0 aliphatic rings. The smallest absolute Gasteiger partial charge is 0.322 e. The molecule has 120 valence electrons. The summed E-state index contributed by atoms with van der Waals surface area (Å²) in [6.07, 6.45) is 0.682. The van der Waals surface area contributed by atoms with Crippen molar-refractivity contribution < 1.29 is 14.3 Å². The number of carbonyl (C=O) groups excluding carboxylic acids is 2. The summed E-state index contributed by atoms with van der Waals surface area (Å²) in [5.74, 6) is 0.565. The molecule has 0 saturated heterocycles. The summed E-state index contributed by atoms with van der Waals surface area (Å²) >= 11 is 0. The summed E-state index contributed by atoms with van der Waals surface area (Å²) in [7, 11) is 1.34. The molecule has 0 aromatic rings. The minimum Gasteiger partial charge on any atom is -0.468 e. The predicted molar refractivity (Wildman–Crippen MR) is 82.2 cm³/mol. The highest BCUT2D eigenvalue weighted by Gasteiger charge is 2.16. The minimum atomic E-state index is -0.477. The van der Waals surface area contributed by atoms with Crippen molar-refractivity contribution in [2.24, 2.45) is 17.6 Å². The zero-order valence-electron chi connectivity index (χ0n) is 14.1. The van der Waals surface area contributed by atoms with Gasteiger partial charge in [-0.3, -0.25) is 9.59 Å². The van der Waals surface area contributed by atoms with Crippen LogP contribution in [-0.4, -0.2) is 43.0 Å². The molecule has 20 heavy (non-hydrogen) atoms. The van der Waals surface area contributed by atoms with Crippen molar-refractivity contribution in [1.29, 1.82) is 0 Å². The molecular weight excluding hydrogens is 256 g/mol. The van der Waals surface area contributed by atoms with Crippen LogP contribution in [0.5, 0.6) is 0 Å². The molecular formula is C15H32N2O3. The fourth-order valence-corrected chi connectivity index (χ4v) is 1.46. The van der Waals surface area contributed by atoms with E-state index in [0.717, 1.165) is 13.1 Å². The molecule has 0 aliphatic heterocycles. The Morgan fingerprint density at radius 2 is 1.55 bits per heavy atom. The number of nitrogens with two attached hydrogens (primary N) is 1. The van der Waals surface area contributed by atoms with Crippen molar-refractivity contribution in [3.05, 3.63) is 0 Å². The van der Waals surface area contributed by atoms with Crippen LogP contribution in [0.2, 0.25) is 0 Å². The molecule has 5 nitrogen and oxygen atoms in total. The quantitative estimate of drug-likeness (QED) is 0.759. The number of esters is 1. The fourth-order valence-electron chi connectivity index (χ4n) is 1.46. The van der Waals surface area contributed by atoms with Gasteiger partial charge in [-0.25, -0.2) is 0 Å². The zero-order valence-corrected chi connectivity index (χ0v) is 14.1. The summed E-state index contributed by atoms with van der Waals surface area (Å²) in [6, 6.07) is -0.477. The standard InChI is InChI=1S/C9H19NO.C6H13NO2/c1-5-10(6-2)9(11)7-8(3)4;1-4(2)5(7)6(8)9-3/h8H,5-7H2,1-4H3;4-5H,7H2,1-3H3. The van der Waals surface area contributed by atoms with Crippen LogP contribution in [0.25, 0.3) is 0 Å². The van der Waals surface area contributed by atoms with Gasteiger partial charge in [-0.1, -0.05) is 27.7 Å². The Balaban J connectivity index is 0. The van der Waals surface area contributed by atoms with Crippen LogP contribution in [0.4, 0.5) is 0 Å². The molecule has 0 aromatic carbocycles. The van der Waals surface area contributed by atoms with Gasteiger partial charge in [0, 0.05) is 19.5 Å². The van der Waals surface area contributed by atoms with E-state index in [1.54, 1.807) is 0 Å². The summed E-state index contributed by atoms with van der Waals surface area (Å²) in [6.45, 7) is 13.6. The van der Waals surface area contributed by atoms with Crippen molar-refractivity contribution >= 4 is 11.9 Å². The summed E-state index contributed by atoms with van der Waals surface area (Å²) < 4.78 is 4.41. The molecule has 0 saturated carbocycles.